The fraction of sp³-hybridized carbons (Fsp3) is 0.150. The van der Waals surface area contributed by atoms with Gasteiger partial charge in [-0.15, -0.1) is 22.7 Å². The van der Waals surface area contributed by atoms with Gasteiger partial charge >= 0.3 is 5.97 Å². The van der Waals surface area contributed by atoms with Crippen LogP contribution in [0.5, 0.6) is 0 Å². The van der Waals surface area contributed by atoms with Gasteiger partial charge < -0.3 is 15.4 Å². The van der Waals surface area contributed by atoms with Crippen LogP contribution in [0.15, 0.2) is 41.8 Å². The quantitative estimate of drug-likeness (QED) is 0.541. The van der Waals surface area contributed by atoms with Gasteiger partial charge in [-0.25, -0.2) is 9.18 Å². The lowest BCUT2D eigenvalue weighted by molar-refractivity contribution is 0.0527. The second-order valence-electron chi connectivity index (χ2n) is 5.85. The van der Waals surface area contributed by atoms with Crippen molar-refractivity contribution in [3.8, 4) is 0 Å². The van der Waals surface area contributed by atoms with Crippen molar-refractivity contribution >= 4 is 51.1 Å². The van der Waals surface area contributed by atoms with Gasteiger partial charge in [0.1, 0.15) is 10.8 Å². The highest BCUT2D eigenvalue weighted by Gasteiger charge is 2.27. The summed E-state index contributed by atoms with van der Waals surface area (Å²) in [5, 5.41) is 7.14. The molecule has 2 aromatic heterocycles. The summed E-state index contributed by atoms with van der Waals surface area (Å²) in [6.07, 6.45) is 0. The average molecular weight is 432 g/mol. The molecule has 6 nitrogen and oxygen atoms in total. The number of esters is 1. The van der Waals surface area contributed by atoms with Crippen molar-refractivity contribution in [1.82, 2.24) is 0 Å². The molecular formula is C20H17FN2O4S2. The molecule has 9 heteroatoms. The number of anilines is 2. The Hall–Kier alpha value is -3.04. The maximum absolute atomic E-state index is 13.9. The zero-order chi connectivity index (χ0) is 21.0. The van der Waals surface area contributed by atoms with Gasteiger partial charge in [0.25, 0.3) is 11.8 Å². The summed E-state index contributed by atoms with van der Waals surface area (Å²) in [5.74, 6) is -2.20. The first kappa shape index (κ1) is 20.7. The SMILES string of the molecule is CCOC(=O)c1c(NC(=O)c2cccs2)sc(C(=O)Nc2ccccc2F)c1C. The zero-order valence-corrected chi connectivity index (χ0v) is 17.2. The van der Waals surface area contributed by atoms with E-state index >= 15 is 0 Å². The van der Waals surface area contributed by atoms with Crippen molar-refractivity contribution in [2.75, 3.05) is 17.2 Å². The first-order chi connectivity index (χ1) is 13.9. The molecule has 0 aliphatic heterocycles. The second-order valence-corrected chi connectivity index (χ2v) is 7.81. The molecule has 3 aromatic rings. The number of halogens is 1. The molecule has 2 N–H and O–H groups in total. The molecule has 0 bridgehead atoms. The molecule has 2 amide bonds. The van der Waals surface area contributed by atoms with Crippen LogP contribution in [0.2, 0.25) is 0 Å². The van der Waals surface area contributed by atoms with Crippen molar-refractivity contribution < 1.29 is 23.5 Å². The third-order valence-corrected chi connectivity index (χ3v) is 6.00. The Bertz CT molecular complexity index is 1060. The van der Waals surface area contributed by atoms with Crippen LogP contribution in [0.3, 0.4) is 0 Å². The fourth-order valence-electron chi connectivity index (χ4n) is 2.58. The summed E-state index contributed by atoms with van der Waals surface area (Å²) < 4.78 is 18.9. The van der Waals surface area contributed by atoms with Crippen molar-refractivity contribution in [3.05, 3.63) is 68.5 Å². The second kappa shape index (κ2) is 8.97. The molecule has 0 spiro atoms. The average Bonchev–Trinajstić information content (AvgIpc) is 3.32. The largest absolute Gasteiger partial charge is 0.462 e. The molecule has 0 saturated heterocycles. The monoisotopic (exact) mass is 432 g/mol. The minimum absolute atomic E-state index is 0.0205. The standard InChI is InChI=1S/C20H17FN2O4S2/c1-3-27-20(26)15-11(2)16(18(25)22-13-8-5-4-7-12(13)21)29-19(15)23-17(24)14-9-6-10-28-14/h4-10H,3H2,1-2H3,(H,22,25)(H,23,24). The van der Waals surface area contributed by atoms with Gasteiger partial charge in [0.2, 0.25) is 0 Å². The summed E-state index contributed by atoms with van der Waals surface area (Å²) in [7, 11) is 0. The van der Waals surface area contributed by atoms with Crippen molar-refractivity contribution in [3.63, 3.8) is 0 Å². The van der Waals surface area contributed by atoms with Crippen LogP contribution in [-0.4, -0.2) is 24.4 Å². The van der Waals surface area contributed by atoms with Gasteiger partial charge in [0.05, 0.1) is 27.6 Å². The van der Waals surface area contributed by atoms with E-state index in [2.05, 4.69) is 10.6 Å². The van der Waals surface area contributed by atoms with Gasteiger partial charge in [-0.2, -0.15) is 0 Å². The topological polar surface area (TPSA) is 84.5 Å². The normalized spacial score (nSPS) is 10.4. The molecular weight excluding hydrogens is 415 g/mol. The van der Waals surface area contributed by atoms with E-state index in [1.807, 2.05) is 0 Å². The number of amides is 2. The van der Waals surface area contributed by atoms with Crippen molar-refractivity contribution in [2.24, 2.45) is 0 Å². The summed E-state index contributed by atoms with van der Waals surface area (Å²) in [6.45, 7) is 3.39. The Morgan fingerprint density at radius 3 is 2.48 bits per heavy atom. The zero-order valence-electron chi connectivity index (χ0n) is 15.6. The Morgan fingerprint density at radius 2 is 1.83 bits per heavy atom. The molecule has 0 radical (unpaired) electrons. The summed E-state index contributed by atoms with van der Waals surface area (Å²) in [5.41, 5.74) is 0.483. The van der Waals surface area contributed by atoms with E-state index in [1.54, 1.807) is 37.4 Å². The number of ether oxygens (including phenoxy) is 1. The van der Waals surface area contributed by atoms with E-state index in [0.717, 1.165) is 11.3 Å². The number of hydrogen-bond acceptors (Lipinski definition) is 6. The van der Waals surface area contributed by atoms with E-state index in [4.69, 9.17) is 4.74 Å². The molecule has 29 heavy (non-hydrogen) atoms. The van der Waals surface area contributed by atoms with E-state index in [1.165, 1.54) is 29.5 Å². The van der Waals surface area contributed by atoms with E-state index < -0.39 is 23.6 Å². The number of thiophene rings is 2. The predicted octanol–water partition coefficient (Wildman–Crippen LogP) is 4.94. The molecule has 0 unspecified atom stereocenters. The van der Waals surface area contributed by atoms with Gasteiger partial charge in [-0.1, -0.05) is 18.2 Å². The van der Waals surface area contributed by atoms with Crippen molar-refractivity contribution in [2.45, 2.75) is 13.8 Å². The summed E-state index contributed by atoms with van der Waals surface area (Å²) >= 11 is 2.19. The predicted molar refractivity (Wildman–Crippen MR) is 112 cm³/mol. The molecule has 0 aliphatic rings. The van der Waals surface area contributed by atoms with Crippen LogP contribution < -0.4 is 10.6 Å². The Balaban J connectivity index is 1.95. The maximum atomic E-state index is 13.9. The van der Waals surface area contributed by atoms with E-state index in [0.29, 0.717) is 10.4 Å². The van der Waals surface area contributed by atoms with Gasteiger partial charge in [0, 0.05) is 0 Å². The lowest BCUT2D eigenvalue weighted by Crippen LogP contribution is -2.14. The highest BCUT2D eigenvalue weighted by Crippen LogP contribution is 2.35. The Morgan fingerprint density at radius 1 is 1.07 bits per heavy atom. The Kier molecular flexibility index (Phi) is 6.40. The van der Waals surface area contributed by atoms with Gasteiger partial charge in [-0.05, 0) is 43.0 Å². The highest BCUT2D eigenvalue weighted by atomic mass is 32.1. The van der Waals surface area contributed by atoms with Crippen LogP contribution in [0, 0.1) is 12.7 Å². The molecule has 0 atom stereocenters. The van der Waals surface area contributed by atoms with Crippen LogP contribution in [0.25, 0.3) is 0 Å². The molecule has 0 fully saturated rings. The highest BCUT2D eigenvalue weighted by molar-refractivity contribution is 7.19. The first-order valence-electron chi connectivity index (χ1n) is 8.63. The molecule has 0 aliphatic carbocycles. The molecule has 1 aromatic carbocycles. The number of hydrogen-bond donors (Lipinski definition) is 2. The third-order valence-electron chi connectivity index (χ3n) is 3.93. The molecule has 3 rings (SSSR count). The maximum Gasteiger partial charge on any atom is 0.341 e. The van der Waals surface area contributed by atoms with Crippen LogP contribution >= 0.6 is 22.7 Å². The van der Waals surface area contributed by atoms with E-state index in [-0.39, 0.29) is 27.7 Å². The van der Waals surface area contributed by atoms with Gasteiger partial charge in [-0.3, -0.25) is 9.59 Å². The minimum atomic E-state index is -0.646. The lowest BCUT2D eigenvalue weighted by Gasteiger charge is -2.06. The minimum Gasteiger partial charge on any atom is -0.462 e. The van der Waals surface area contributed by atoms with Crippen LogP contribution in [0.4, 0.5) is 15.1 Å². The Labute approximate surface area is 174 Å². The van der Waals surface area contributed by atoms with Crippen molar-refractivity contribution in [1.29, 1.82) is 0 Å². The smallest absolute Gasteiger partial charge is 0.341 e. The van der Waals surface area contributed by atoms with Crippen LogP contribution in [0.1, 0.15) is 42.2 Å². The third kappa shape index (κ3) is 4.52. The van der Waals surface area contributed by atoms with Gasteiger partial charge in [0.15, 0.2) is 0 Å². The molecule has 150 valence electrons. The number of nitrogens with one attached hydrogen (secondary N) is 2. The lowest BCUT2D eigenvalue weighted by atomic mass is 10.1. The number of carbonyl (C=O) groups excluding carboxylic acids is 3. The van der Waals surface area contributed by atoms with E-state index in [9.17, 15) is 18.8 Å². The number of rotatable bonds is 6. The van der Waals surface area contributed by atoms with Crippen LogP contribution in [-0.2, 0) is 4.74 Å². The number of para-hydroxylation sites is 1. The summed E-state index contributed by atoms with van der Waals surface area (Å²) in [6, 6.07) is 9.15. The molecule has 0 saturated carbocycles. The fourth-order valence-corrected chi connectivity index (χ4v) is 4.29. The molecule has 2 heterocycles. The summed E-state index contributed by atoms with van der Waals surface area (Å²) in [4.78, 5) is 38.2. The first-order valence-corrected chi connectivity index (χ1v) is 10.3. The number of benzene rings is 1. The number of carbonyl (C=O) groups is 3.